The second-order valence-corrected chi connectivity index (χ2v) is 1.90. The molecule has 0 saturated carbocycles. The predicted octanol–water partition coefficient (Wildman–Crippen LogP) is -0.188. The van der Waals surface area contributed by atoms with E-state index in [1.54, 1.807) is 0 Å². The van der Waals surface area contributed by atoms with Gasteiger partial charge in [-0.3, -0.25) is 4.79 Å². The van der Waals surface area contributed by atoms with Crippen molar-refractivity contribution in [3.8, 4) is 0 Å². The first kappa shape index (κ1) is 13.9. The van der Waals surface area contributed by atoms with E-state index in [2.05, 4.69) is 0 Å². The molecule has 0 aliphatic rings. The quantitative estimate of drug-likeness (QED) is 0.624. The Balaban J connectivity index is 0. The molecule has 0 rings (SSSR count). The highest BCUT2D eigenvalue weighted by molar-refractivity contribution is 5.77. The maximum atomic E-state index is 10.8. The molecule has 0 heterocycles. The van der Waals surface area contributed by atoms with Crippen LogP contribution in [0.4, 0.5) is 0 Å². The Morgan fingerprint density at radius 1 is 1.50 bits per heavy atom. The second-order valence-electron chi connectivity index (χ2n) is 1.90. The van der Waals surface area contributed by atoms with E-state index >= 15 is 0 Å². The van der Waals surface area contributed by atoms with Crippen molar-refractivity contribution in [3.63, 3.8) is 0 Å². The minimum atomic E-state index is -0.114. The summed E-state index contributed by atoms with van der Waals surface area (Å²) in [5, 5.41) is 8.48. The van der Waals surface area contributed by atoms with Crippen LogP contribution in [-0.2, 0) is 4.79 Å². The van der Waals surface area contributed by atoms with Gasteiger partial charge in [0.15, 0.2) is 0 Å². The highest BCUT2D eigenvalue weighted by Crippen LogP contribution is 1.85. The summed E-state index contributed by atoms with van der Waals surface area (Å²) in [6.45, 7) is 6.86. The van der Waals surface area contributed by atoms with Gasteiger partial charge in [-0.05, 0) is 6.92 Å². The third kappa shape index (κ3) is 6.12. The topological polar surface area (TPSA) is 66.6 Å². The van der Waals surface area contributed by atoms with Gasteiger partial charge in [-0.15, -0.1) is 0 Å². The van der Waals surface area contributed by atoms with E-state index in [1.807, 2.05) is 20.8 Å². The van der Waals surface area contributed by atoms with Gasteiger partial charge in [-0.2, -0.15) is 0 Å². The lowest BCUT2D eigenvalue weighted by atomic mass is 10.4. The van der Waals surface area contributed by atoms with Crippen LogP contribution in [0.1, 0.15) is 20.8 Å². The van der Waals surface area contributed by atoms with Gasteiger partial charge in [0.1, 0.15) is 0 Å². The molecule has 0 spiro atoms. The molecule has 12 heavy (non-hydrogen) atoms. The number of aliphatic hydroxyl groups excluding tert-OH is 1. The molecule has 4 heteroatoms. The molecule has 4 nitrogen and oxygen atoms in total. The zero-order valence-electron chi connectivity index (χ0n) is 8.21. The van der Waals surface area contributed by atoms with Crippen LogP contribution >= 0.6 is 0 Å². The predicted molar refractivity (Wildman–Crippen MR) is 49.7 cm³/mol. The molecule has 3 N–H and O–H groups in total. The molecule has 0 atom stereocenters. The zero-order chi connectivity index (χ0) is 9.98. The molecule has 0 bridgehead atoms. The third-order valence-corrected chi connectivity index (χ3v) is 1.28. The van der Waals surface area contributed by atoms with Crippen LogP contribution in [0.2, 0.25) is 0 Å². The minimum absolute atomic E-state index is 0.000417. The molecule has 0 aliphatic heterocycles. The van der Waals surface area contributed by atoms with Crippen molar-refractivity contribution < 1.29 is 9.90 Å². The lowest BCUT2D eigenvalue weighted by Crippen LogP contribution is -2.37. The fourth-order valence-corrected chi connectivity index (χ4v) is 0.709. The SMILES string of the molecule is CC.CCN(CCO)C(=O)CN. The first-order valence-corrected chi connectivity index (χ1v) is 4.35. The summed E-state index contributed by atoms with van der Waals surface area (Å²) < 4.78 is 0. The number of amides is 1. The Hall–Kier alpha value is -0.610. The molecule has 0 aromatic rings. The van der Waals surface area contributed by atoms with Crippen LogP contribution in [0.3, 0.4) is 0 Å². The van der Waals surface area contributed by atoms with Crippen LogP contribution in [0.15, 0.2) is 0 Å². The first-order valence-electron chi connectivity index (χ1n) is 4.35. The summed E-state index contributed by atoms with van der Waals surface area (Å²) >= 11 is 0. The zero-order valence-corrected chi connectivity index (χ0v) is 8.21. The number of likely N-dealkylation sites (N-methyl/N-ethyl adjacent to an activating group) is 1. The highest BCUT2D eigenvalue weighted by Gasteiger charge is 2.06. The highest BCUT2D eigenvalue weighted by atomic mass is 16.3. The third-order valence-electron chi connectivity index (χ3n) is 1.28. The van der Waals surface area contributed by atoms with Gasteiger partial charge in [-0.1, -0.05) is 13.8 Å². The maximum Gasteiger partial charge on any atom is 0.236 e. The number of aliphatic hydroxyl groups is 1. The van der Waals surface area contributed by atoms with Crippen LogP contribution in [-0.4, -0.2) is 42.2 Å². The molecule has 0 radical (unpaired) electrons. The van der Waals surface area contributed by atoms with Gasteiger partial charge in [0.05, 0.1) is 13.2 Å². The summed E-state index contributed by atoms with van der Waals surface area (Å²) in [6.07, 6.45) is 0. The lowest BCUT2D eigenvalue weighted by molar-refractivity contribution is -0.129. The van der Waals surface area contributed by atoms with Gasteiger partial charge in [0.25, 0.3) is 0 Å². The molecule has 0 saturated heterocycles. The molecule has 0 aromatic heterocycles. The summed E-state index contributed by atoms with van der Waals surface area (Å²) in [5.74, 6) is -0.114. The van der Waals surface area contributed by atoms with E-state index in [1.165, 1.54) is 4.90 Å². The van der Waals surface area contributed by atoms with Crippen molar-refractivity contribution in [1.82, 2.24) is 4.90 Å². The Bertz CT molecular complexity index is 107. The van der Waals surface area contributed by atoms with E-state index in [0.717, 1.165) is 0 Å². The fraction of sp³-hybridized carbons (Fsp3) is 0.875. The van der Waals surface area contributed by atoms with Crippen molar-refractivity contribution in [3.05, 3.63) is 0 Å². The summed E-state index contributed by atoms with van der Waals surface area (Å²) in [5.41, 5.74) is 5.11. The smallest absolute Gasteiger partial charge is 0.236 e. The van der Waals surface area contributed by atoms with Crippen molar-refractivity contribution in [2.24, 2.45) is 5.73 Å². The molecule has 0 unspecified atom stereocenters. The minimum Gasteiger partial charge on any atom is -0.395 e. The Labute approximate surface area is 74.4 Å². The normalized spacial score (nSPS) is 8.42. The van der Waals surface area contributed by atoms with Crippen molar-refractivity contribution in [2.75, 3.05) is 26.2 Å². The van der Waals surface area contributed by atoms with Gasteiger partial charge < -0.3 is 15.7 Å². The molecule has 0 aliphatic carbocycles. The number of nitrogens with two attached hydrogens (primary N) is 1. The van der Waals surface area contributed by atoms with E-state index in [0.29, 0.717) is 13.1 Å². The molecular weight excluding hydrogens is 156 g/mol. The fourth-order valence-electron chi connectivity index (χ4n) is 0.709. The van der Waals surface area contributed by atoms with Crippen molar-refractivity contribution >= 4 is 5.91 Å². The summed E-state index contributed by atoms with van der Waals surface area (Å²) in [6, 6.07) is 0. The van der Waals surface area contributed by atoms with Crippen LogP contribution in [0, 0.1) is 0 Å². The lowest BCUT2D eigenvalue weighted by Gasteiger charge is -2.17. The van der Waals surface area contributed by atoms with Gasteiger partial charge in [0, 0.05) is 13.1 Å². The van der Waals surface area contributed by atoms with E-state index < -0.39 is 0 Å². The number of carbonyl (C=O) groups is 1. The van der Waals surface area contributed by atoms with E-state index in [4.69, 9.17) is 10.8 Å². The average Bonchev–Trinajstić information content (AvgIpc) is 2.16. The van der Waals surface area contributed by atoms with Gasteiger partial charge in [0.2, 0.25) is 5.91 Å². The van der Waals surface area contributed by atoms with E-state index in [-0.39, 0.29) is 19.1 Å². The standard InChI is InChI=1S/C6H14N2O2.C2H6/c1-2-8(3-4-9)6(10)5-7;1-2/h9H,2-5,7H2,1H3;1-2H3. The van der Waals surface area contributed by atoms with Crippen LogP contribution in [0.5, 0.6) is 0 Å². The number of carbonyl (C=O) groups excluding carboxylic acids is 1. The molecule has 74 valence electrons. The van der Waals surface area contributed by atoms with Crippen molar-refractivity contribution in [1.29, 1.82) is 0 Å². The van der Waals surface area contributed by atoms with Crippen molar-refractivity contribution in [2.45, 2.75) is 20.8 Å². The monoisotopic (exact) mass is 176 g/mol. The Morgan fingerprint density at radius 3 is 2.25 bits per heavy atom. The largest absolute Gasteiger partial charge is 0.395 e. The first-order chi connectivity index (χ1) is 5.76. The van der Waals surface area contributed by atoms with Crippen LogP contribution < -0.4 is 5.73 Å². The number of hydrogen-bond acceptors (Lipinski definition) is 3. The van der Waals surface area contributed by atoms with E-state index in [9.17, 15) is 4.79 Å². The number of nitrogens with zero attached hydrogens (tertiary/aromatic N) is 1. The molecule has 0 aromatic carbocycles. The Kier molecular flexibility index (Phi) is 12.1. The molecule has 0 fully saturated rings. The Morgan fingerprint density at radius 2 is 2.00 bits per heavy atom. The summed E-state index contributed by atoms with van der Waals surface area (Å²) in [4.78, 5) is 12.3. The average molecular weight is 176 g/mol. The summed E-state index contributed by atoms with van der Waals surface area (Å²) in [7, 11) is 0. The van der Waals surface area contributed by atoms with Crippen LogP contribution in [0.25, 0.3) is 0 Å². The molecular formula is C8H20N2O2. The van der Waals surface area contributed by atoms with Gasteiger partial charge in [-0.25, -0.2) is 0 Å². The van der Waals surface area contributed by atoms with Gasteiger partial charge >= 0.3 is 0 Å². The number of hydrogen-bond donors (Lipinski definition) is 2. The second kappa shape index (κ2) is 10.4. The maximum absolute atomic E-state index is 10.8. The molecule has 1 amide bonds. The number of rotatable bonds is 4.